The SMILES string of the molecule is CC(=O)NC1[C@H](NC(=O)CCCCCNC(=O)OCc2ccccc2)OC(COC(C)=O)[C@H](OC(C)=O)[C@H]1OC(C)=O. The number of rotatable bonds is 14. The smallest absolute Gasteiger partial charge is 0.407 e. The summed E-state index contributed by atoms with van der Waals surface area (Å²) in [4.78, 5) is 71.8. The molecule has 2 unspecified atom stereocenters. The molecule has 1 aliphatic heterocycles. The monoisotopic (exact) mass is 593 g/mol. The molecular weight excluding hydrogens is 554 g/mol. The number of hydrogen-bond donors (Lipinski definition) is 3. The molecule has 1 aliphatic rings. The Morgan fingerprint density at radius 3 is 2.07 bits per heavy atom. The maximum absolute atomic E-state index is 12.8. The third-order valence-electron chi connectivity index (χ3n) is 5.98. The lowest BCUT2D eigenvalue weighted by Crippen LogP contribution is -2.69. The van der Waals surface area contributed by atoms with Gasteiger partial charge in [0.15, 0.2) is 18.4 Å². The van der Waals surface area contributed by atoms with Crippen LogP contribution in [0.3, 0.4) is 0 Å². The minimum atomic E-state index is -1.26. The molecule has 0 radical (unpaired) electrons. The van der Waals surface area contributed by atoms with Gasteiger partial charge in [0, 0.05) is 40.7 Å². The zero-order valence-electron chi connectivity index (χ0n) is 24.2. The van der Waals surface area contributed by atoms with Crippen molar-refractivity contribution in [3.8, 4) is 0 Å². The van der Waals surface area contributed by atoms with Gasteiger partial charge in [-0.1, -0.05) is 36.8 Å². The lowest BCUT2D eigenvalue weighted by atomic mass is 9.95. The lowest BCUT2D eigenvalue weighted by molar-refractivity contribution is -0.228. The standard InChI is InChI=1S/C28H39N3O11/c1-17(32)30-24-26(41-20(4)35)25(40-19(3)34)22(16-38-18(2)33)42-27(24)31-23(36)13-9-6-10-14-29-28(37)39-15-21-11-7-5-8-12-21/h5,7-8,11-12,22,24-27H,6,9-10,13-16H2,1-4H3,(H,29,37)(H,30,32)(H,31,36)/t22?,24?,25-,26-,27+/m0/s1. The first-order chi connectivity index (χ1) is 20.0. The molecule has 1 saturated heterocycles. The highest BCUT2D eigenvalue weighted by molar-refractivity contribution is 5.77. The topological polar surface area (TPSA) is 185 Å². The van der Waals surface area contributed by atoms with Gasteiger partial charge < -0.3 is 39.6 Å². The molecule has 0 spiro atoms. The highest BCUT2D eigenvalue weighted by Crippen LogP contribution is 2.26. The summed E-state index contributed by atoms with van der Waals surface area (Å²) in [6.45, 7) is 4.83. The molecular formula is C28H39N3O11. The van der Waals surface area contributed by atoms with E-state index in [1.807, 2.05) is 30.3 Å². The van der Waals surface area contributed by atoms with Crippen LogP contribution in [0.2, 0.25) is 0 Å². The number of nitrogens with one attached hydrogen (secondary N) is 3. The van der Waals surface area contributed by atoms with Crippen molar-refractivity contribution in [1.29, 1.82) is 0 Å². The summed E-state index contributed by atoms with van der Waals surface area (Å²) >= 11 is 0. The summed E-state index contributed by atoms with van der Waals surface area (Å²) in [5.41, 5.74) is 0.875. The van der Waals surface area contributed by atoms with Crippen molar-refractivity contribution >= 4 is 35.8 Å². The molecule has 1 fully saturated rings. The first kappa shape index (κ1) is 34.0. The molecule has 5 atom stereocenters. The van der Waals surface area contributed by atoms with E-state index < -0.39 is 66.4 Å². The van der Waals surface area contributed by atoms with Gasteiger partial charge in [-0.25, -0.2) is 4.79 Å². The second kappa shape index (κ2) is 17.6. The maximum atomic E-state index is 12.8. The van der Waals surface area contributed by atoms with E-state index in [0.29, 0.717) is 25.8 Å². The molecule has 14 nitrogen and oxygen atoms in total. The molecule has 232 valence electrons. The second-order valence-corrected chi connectivity index (χ2v) is 9.64. The van der Waals surface area contributed by atoms with Crippen LogP contribution in [0.1, 0.15) is 58.9 Å². The van der Waals surface area contributed by atoms with E-state index in [1.54, 1.807) is 0 Å². The third-order valence-corrected chi connectivity index (χ3v) is 5.98. The van der Waals surface area contributed by atoms with Gasteiger partial charge >= 0.3 is 24.0 Å². The molecule has 3 amide bonds. The van der Waals surface area contributed by atoms with E-state index in [0.717, 1.165) is 19.4 Å². The Bertz CT molecular complexity index is 1080. The second-order valence-electron chi connectivity index (χ2n) is 9.64. The van der Waals surface area contributed by atoms with Crippen molar-refractivity contribution < 1.29 is 52.5 Å². The normalized spacial score (nSPS) is 21.3. The molecule has 0 saturated carbocycles. The van der Waals surface area contributed by atoms with Crippen molar-refractivity contribution in [2.75, 3.05) is 13.2 Å². The number of unbranched alkanes of at least 4 members (excludes halogenated alkanes) is 2. The van der Waals surface area contributed by atoms with E-state index in [2.05, 4.69) is 16.0 Å². The van der Waals surface area contributed by atoms with Crippen LogP contribution in [0.15, 0.2) is 30.3 Å². The fraction of sp³-hybridized carbons (Fsp3) is 0.571. The van der Waals surface area contributed by atoms with Gasteiger partial charge in [-0.2, -0.15) is 0 Å². The van der Waals surface area contributed by atoms with E-state index >= 15 is 0 Å². The summed E-state index contributed by atoms with van der Waals surface area (Å²) in [5.74, 6) is -3.04. The van der Waals surface area contributed by atoms with Crippen molar-refractivity contribution in [1.82, 2.24) is 16.0 Å². The summed E-state index contributed by atoms with van der Waals surface area (Å²) in [7, 11) is 0. The van der Waals surface area contributed by atoms with Crippen molar-refractivity contribution in [3.63, 3.8) is 0 Å². The third kappa shape index (κ3) is 12.5. The average molecular weight is 594 g/mol. The van der Waals surface area contributed by atoms with Crippen LogP contribution in [-0.4, -0.2) is 79.5 Å². The number of carbonyl (C=O) groups is 6. The molecule has 42 heavy (non-hydrogen) atoms. The van der Waals surface area contributed by atoms with E-state index in [9.17, 15) is 28.8 Å². The predicted molar refractivity (Wildman–Crippen MR) is 145 cm³/mol. The Labute approximate surface area is 244 Å². The zero-order valence-corrected chi connectivity index (χ0v) is 24.2. The molecule has 1 heterocycles. The first-order valence-electron chi connectivity index (χ1n) is 13.6. The van der Waals surface area contributed by atoms with Crippen LogP contribution in [0.25, 0.3) is 0 Å². The molecule has 3 N–H and O–H groups in total. The fourth-order valence-electron chi connectivity index (χ4n) is 4.24. The van der Waals surface area contributed by atoms with Crippen LogP contribution in [0, 0.1) is 0 Å². The van der Waals surface area contributed by atoms with Gasteiger partial charge in [0.2, 0.25) is 11.8 Å². The van der Waals surface area contributed by atoms with Gasteiger partial charge in [0.1, 0.15) is 25.4 Å². The Balaban J connectivity index is 1.93. The van der Waals surface area contributed by atoms with Gasteiger partial charge in [-0.05, 0) is 18.4 Å². The lowest BCUT2D eigenvalue weighted by Gasteiger charge is -2.45. The van der Waals surface area contributed by atoms with Gasteiger partial charge in [0.25, 0.3) is 0 Å². The van der Waals surface area contributed by atoms with Crippen molar-refractivity contribution in [3.05, 3.63) is 35.9 Å². The minimum absolute atomic E-state index is 0.0886. The Kier molecular flexibility index (Phi) is 14.2. The molecule has 1 aromatic carbocycles. The summed E-state index contributed by atoms with van der Waals surface area (Å²) < 4.78 is 26.9. The zero-order chi connectivity index (χ0) is 31.1. The summed E-state index contributed by atoms with van der Waals surface area (Å²) in [6.07, 6.45) is -3.59. The van der Waals surface area contributed by atoms with Crippen LogP contribution >= 0.6 is 0 Å². The fourth-order valence-corrected chi connectivity index (χ4v) is 4.24. The quantitative estimate of drug-likeness (QED) is 0.160. The molecule has 1 aromatic rings. The molecule has 0 bridgehead atoms. The molecule has 0 aliphatic carbocycles. The van der Waals surface area contributed by atoms with Crippen LogP contribution in [-0.2, 0) is 54.3 Å². The van der Waals surface area contributed by atoms with E-state index in [1.165, 1.54) is 13.8 Å². The Morgan fingerprint density at radius 2 is 1.45 bits per heavy atom. The van der Waals surface area contributed by atoms with E-state index in [-0.39, 0.29) is 19.6 Å². The number of amides is 3. The van der Waals surface area contributed by atoms with Crippen LogP contribution < -0.4 is 16.0 Å². The van der Waals surface area contributed by atoms with Gasteiger partial charge in [0.05, 0.1) is 0 Å². The summed E-state index contributed by atoms with van der Waals surface area (Å²) in [6, 6.07) is 8.16. The highest BCUT2D eigenvalue weighted by Gasteiger charge is 2.51. The number of esters is 3. The molecule has 0 aromatic heterocycles. The van der Waals surface area contributed by atoms with Gasteiger partial charge in [-0.3, -0.25) is 24.0 Å². The van der Waals surface area contributed by atoms with Crippen LogP contribution in [0.5, 0.6) is 0 Å². The van der Waals surface area contributed by atoms with Crippen molar-refractivity contribution in [2.45, 2.75) is 90.6 Å². The number of carbonyl (C=O) groups excluding carboxylic acids is 6. The maximum Gasteiger partial charge on any atom is 0.407 e. The number of benzene rings is 1. The highest BCUT2D eigenvalue weighted by atomic mass is 16.6. The van der Waals surface area contributed by atoms with Crippen LogP contribution in [0.4, 0.5) is 4.79 Å². The summed E-state index contributed by atoms with van der Waals surface area (Å²) in [5, 5.41) is 7.92. The van der Waals surface area contributed by atoms with Gasteiger partial charge in [-0.15, -0.1) is 0 Å². The predicted octanol–water partition coefficient (Wildman–Crippen LogP) is 1.25. The average Bonchev–Trinajstić information content (AvgIpc) is 2.91. The van der Waals surface area contributed by atoms with Crippen molar-refractivity contribution in [2.24, 2.45) is 0 Å². The Hall–Kier alpha value is -4.20. The Morgan fingerprint density at radius 1 is 0.786 bits per heavy atom. The minimum Gasteiger partial charge on any atom is -0.463 e. The van der Waals surface area contributed by atoms with E-state index in [4.69, 9.17) is 23.7 Å². The number of ether oxygens (including phenoxy) is 5. The number of alkyl carbamates (subject to hydrolysis) is 1. The molecule has 14 heteroatoms. The molecule has 2 rings (SSSR count). The largest absolute Gasteiger partial charge is 0.463 e. The number of hydrogen-bond acceptors (Lipinski definition) is 11. The first-order valence-corrected chi connectivity index (χ1v) is 13.6.